The van der Waals surface area contributed by atoms with Crippen LogP contribution >= 0.6 is 0 Å². The van der Waals surface area contributed by atoms with Gasteiger partial charge in [-0.05, 0) is 43.9 Å². The molecular weight excluding hydrogens is 278 g/mol. The number of carbonyl (C=O) groups excluding carboxylic acids is 1. The van der Waals surface area contributed by atoms with Gasteiger partial charge in [0.1, 0.15) is 5.82 Å². The number of rotatable bonds is 7. The zero-order valence-corrected chi connectivity index (χ0v) is 12.9. The van der Waals surface area contributed by atoms with Gasteiger partial charge in [0.25, 0.3) is 5.91 Å². The van der Waals surface area contributed by atoms with Crippen LogP contribution in [0.4, 0.5) is 5.82 Å². The van der Waals surface area contributed by atoms with Crippen molar-refractivity contribution in [1.29, 1.82) is 0 Å². The Balaban J connectivity index is 1.83. The highest BCUT2D eigenvalue weighted by atomic mass is 16.1. The third-order valence-corrected chi connectivity index (χ3v) is 3.09. The van der Waals surface area contributed by atoms with Gasteiger partial charge in [0.2, 0.25) is 0 Å². The van der Waals surface area contributed by atoms with E-state index in [1.807, 2.05) is 32.3 Å². The molecule has 22 heavy (non-hydrogen) atoms. The van der Waals surface area contributed by atoms with Gasteiger partial charge in [-0.2, -0.15) is 0 Å². The van der Waals surface area contributed by atoms with E-state index in [1.54, 1.807) is 24.7 Å². The molecule has 0 fully saturated rings. The summed E-state index contributed by atoms with van der Waals surface area (Å²) in [6, 6.07) is 7.33. The Kier molecular flexibility index (Phi) is 5.85. The Hall–Kier alpha value is -2.47. The second-order valence-electron chi connectivity index (χ2n) is 5.20. The predicted molar refractivity (Wildman–Crippen MR) is 86.7 cm³/mol. The van der Waals surface area contributed by atoms with Crippen LogP contribution in [-0.4, -0.2) is 48.0 Å². The van der Waals surface area contributed by atoms with Crippen LogP contribution in [0.15, 0.2) is 42.9 Å². The molecule has 2 N–H and O–H groups in total. The summed E-state index contributed by atoms with van der Waals surface area (Å²) in [6.45, 7) is 2.22. The van der Waals surface area contributed by atoms with Crippen LogP contribution in [-0.2, 0) is 6.54 Å². The molecular formula is C16H21N5O. The summed E-state index contributed by atoms with van der Waals surface area (Å²) in [5.41, 5.74) is 1.56. The van der Waals surface area contributed by atoms with Crippen molar-refractivity contribution in [2.45, 2.75) is 6.54 Å². The van der Waals surface area contributed by atoms with Crippen LogP contribution in [0.2, 0.25) is 0 Å². The highest BCUT2D eigenvalue weighted by Gasteiger charge is 2.06. The van der Waals surface area contributed by atoms with Crippen molar-refractivity contribution in [3.8, 4) is 0 Å². The molecule has 0 radical (unpaired) electrons. The topological polar surface area (TPSA) is 70.2 Å². The van der Waals surface area contributed by atoms with E-state index in [0.29, 0.717) is 12.1 Å². The van der Waals surface area contributed by atoms with Gasteiger partial charge in [0.15, 0.2) is 0 Å². The lowest BCUT2D eigenvalue weighted by molar-refractivity contribution is 0.0950. The molecule has 2 aromatic rings. The second-order valence-corrected chi connectivity index (χ2v) is 5.20. The molecule has 0 aromatic carbocycles. The summed E-state index contributed by atoms with van der Waals surface area (Å²) >= 11 is 0. The summed E-state index contributed by atoms with van der Waals surface area (Å²) < 4.78 is 0. The van der Waals surface area contributed by atoms with E-state index >= 15 is 0 Å². The summed E-state index contributed by atoms with van der Waals surface area (Å²) in [7, 11) is 4.04. The average molecular weight is 299 g/mol. The quantitative estimate of drug-likeness (QED) is 0.808. The van der Waals surface area contributed by atoms with Crippen LogP contribution in [0.5, 0.6) is 0 Å². The minimum absolute atomic E-state index is 0.135. The fourth-order valence-corrected chi connectivity index (χ4v) is 1.83. The van der Waals surface area contributed by atoms with Gasteiger partial charge in [0, 0.05) is 38.2 Å². The van der Waals surface area contributed by atoms with Crippen LogP contribution in [0.1, 0.15) is 15.9 Å². The van der Waals surface area contributed by atoms with Crippen LogP contribution in [0.3, 0.4) is 0 Å². The van der Waals surface area contributed by atoms with Crippen molar-refractivity contribution in [1.82, 2.24) is 20.2 Å². The van der Waals surface area contributed by atoms with E-state index in [-0.39, 0.29) is 5.91 Å². The average Bonchev–Trinajstić information content (AvgIpc) is 2.54. The van der Waals surface area contributed by atoms with E-state index in [2.05, 4.69) is 25.5 Å². The molecule has 0 aliphatic rings. The molecule has 116 valence electrons. The van der Waals surface area contributed by atoms with Gasteiger partial charge in [0.05, 0.1) is 5.56 Å². The minimum Gasteiger partial charge on any atom is -0.369 e. The summed E-state index contributed by atoms with van der Waals surface area (Å²) in [5, 5.41) is 6.07. The minimum atomic E-state index is -0.135. The number of nitrogens with zero attached hydrogens (tertiary/aromatic N) is 3. The normalized spacial score (nSPS) is 10.5. The molecule has 0 bridgehead atoms. The standard InChI is InChI=1S/C16H21N5O/c1-21(2)10-9-18-15-4-3-14(12-19-15)16(22)20-11-13-5-7-17-8-6-13/h3-8,12H,9-11H2,1-2H3,(H,18,19)(H,20,22). The van der Waals surface area contributed by atoms with E-state index in [0.717, 1.165) is 24.5 Å². The number of nitrogens with one attached hydrogen (secondary N) is 2. The first-order valence-corrected chi connectivity index (χ1v) is 7.17. The number of carbonyl (C=O) groups is 1. The summed E-state index contributed by atoms with van der Waals surface area (Å²) in [4.78, 5) is 22.3. The lowest BCUT2D eigenvalue weighted by atomic mass is 10.2. The Labute approximate surface area is 130 Å². The number of aromatic nitrogens is 2. The van der Waals surface area contributed by atoms with Crippen molar-refractivity contribution in [3.05, 3.63) is 54.0 Å². The number of amides is 1. The maximum atomic E-state index is 12.0. The molecule has 6 heteroatoms. The van der Waals surface area contributed by atoms with Gasteiger partial charge >= 0.3 is 0 Å². The Morgan fingerprint density at radius 1 is 1.18 bits per heavy atom. The summed E-state index contributed by atoms with van der Waals surface area (Å²) in [5.74, 6) is 0.636. The molecule has 0 atom stereocenters. The molecule has 1 amide bonds. The summed E-state index contributed by atoms with van der Waals surface area (Å²) in [6.07, 6.45) is 4.99. The Morgan fingerprint density at radius 3 is 2.59 bits per heavy atom. The van der Waals surface area contributed by atoms with Crippen molar-refractivity contribution >= 4 is 11.7 Å². The molecule has 0 spiro atoms. The van der Waals surface area contributed by atoms with Crippen molar-refractivity contribution in [3.63, 3.8) is 0 Å². The fourth-order valence-electron chi connectivity index (χ4n) is 1.83. The molecule has 0 saturated heterocycles. The van der Waals surface area contributed by atoms with Crippen molar-refractivity contribution < 1.29 is 4.79 Å². The number of hydrogen-bond acceptors (Lipinski definition) is 5. The number of pyridine rings is 2. The van der Waals surface area contributed by atoms with E-state index in [9.17, 15) is 4.79 Å². The Bertz CT molecular complexity index is 583. The zero-order chi connectivity index (χ0) is 15.8. The molecule has 2 aromatic heterocycles. The third kappa shape index (κ3) is 5.14. The molecule has 0 saturated carbocycles. The van der Waals surface area contributed by atoms with Crippen molar-refractivity contribution in [2.24, 2.45) is 0 Å². The van der Waals surface area contributed by atoms with Gasteiger partial charge in [-0.3, -0.25) is 9.78 Å². The molecule has 0 aliphatic carbocycles. The molecule has 0 unspecified atom stereocenters. The van der Waals surface area contributed by atoms with Crippen LogP contribution in [0.25, 0.3) is 0 Å². The fraction of sp³-hybridized carbons (Fsp3) is 0.312. The first-order valence-electron chi connectivity index (χ1n) is 7.17. The second kappa shape index (κ2) is 8.09. The van der Waals surface area contributed by atoms with E-state index < -0.39 is 0 Å². The first kappa shape index (κ1) is 15.9. The molecule has 0 aliphatic heterocycles. The first-order chi connectivity index (χ1) is 10.6. The number of hydrogen-bond donors (Lipinski definition) is 2. The lowest BCUT2D eigenvalue weighted by Gasteiger charge is -2.11. The molecule has 6 nitrogen and oxygen atoms in total. The maximum absolute atomic E-state index is 12.0. The van der Waals surface area contributed by atoms with E-state index in [4.69, 9.17) is 0 Å². The Morgan fingerprint density at radius 2 is 1.95 bits per heavy atom. The largest absolute Gasteiger partial charge is 0.369 e. The highest BCUT2D eigenvalue weighted by Crippen LogP contribution is 2.05. The van der Waals surface area contributed by atoms with Crippen LogP contribution in [0, 0.1) is 0 Å². The van der Waals surface area contributed by atoms with E-state index in [1.165, 1.54) is 0 Å². The monoisotopic (exact) mass is 299 g/mol. The smallest absolute Gasteiger partial charge is 0.253 e. The van der Waals surface area contributed by atoms with Gasteiger partial charge in [-0.15, -0.1) is 0 Å². The number of likely N-dealkylation sites (N-methyl/N-ethyl adjacent to an activating group) is 1. The predicted octanol–water partition coefficient (Wildman–Crippen LogP) is 1.38. The molecule has 2 rings (SSSR count). The molecule has 2 heterocycles. The third-order valence-electron chi connectivity index (χ3n) is 3.09. The SMILES string of the molecule is CN(C)CCNc1ccc(C(=O)NCc2ccncc2)cn1. The lowest BCUT2D eigenvalue weighted by Crippen LogP contribution is -2.23. The highest BCUT2D eigenvalue weighted by molar-refractivity contribution is 5.93. The number of anilines is 1. The van der Waals surface area contributed by atoms with Crippen molar-refractivity contribution in [2.75, 3.05) is 32.5 Å². The van der Waals surface area contributed by atoms with Crippen LogP contribution < -0.4 is 10.6 Å². The zero-order valence-electron chi connectivity index (χ0n) is 12.9. The van der Waals surface area contributed by atoms with Gasteiger partial charge in [-0.25, -0.2) is 4.98 Å². The van der Waals surface area contributed by atoms with Gasteiger partial charge in [-0.1, -0.05) is 0 Å². The maximum Gasteiger partial charge on any atom is 0.253 e. The van der Waals surface area contributed by atoms with Gasteiger partial charge < -0.3 is 15.5 Å².